The van der Waals surface area contributed by atoms with Crippen LogP contribution in [-0.4, -0.2) is 49.2 Å². The van der Waals surface area contributed by atoms with Crippen LogP contribution in [-0.2, 0) is 20.7 Å². The van der Waals surface area contributed by atoms with Crippen molar-refractivity contribution in [1.82, 2.24) is 4.90 Å². The highest BCUT2D eigenvalue weighted by Gasteiger charge is 2.26. The fourth-order valence-corrected chi connectivity index (χ4v) is 3.00. The third-order valence-corrected chi connectivity index (χ3v) is 4.43. The fourth-order valence-electron chi connectivity index (χ4n) is 3.00. The normalized spacial score (nSPS) is 15.3. The van der Waals surface area contributed by atoms with Gasteiger partial charge in [-0.3, -0.25) is 4.79 Å². The fraction of sp³-hybridized carbons (Fsp3) is 0.333. The molecule has 0 radical (unpaired) electrons. The average Bonchev–Trinajstić information content (AvgIpc) is 2.69. The lowest BCUT2D eigenvalue weighted by molar-refractivity contribution is -0.143. The zero-order chi connectivity index (χ0) is 18.4. The van der Waals surface area contributed by atoms with Gasteiger partial charge in [-0.25, -0.2) is 4.79 Å². The molecule has 136 valence electrons. The van der Waals surface area contributed by atoms with Crippen LogP contribution in [0.25, 0.3) is 0 Å². The van der Waals surface area contributed by atoms with Crippen LogP contribution < -0.4 is 0 Å². The first-order valence-electron chi connectivity index (χ1n) is 8.84. The van der Waals surface area contributed by atoms with Crippen LogP contribution in [0.5, 0.6) is 0 Å². The zero-order valence-electron chi connectivity index (χ0n) is 14.9. The Labute approximate surface area is 153 Å². The number of amides is 1. The first kappa shape index (κ1) is 18.1. The van der Waals surface area contributed by atoms with E-state index in [1.54, 1.807) is 24.0 Å². The molecule has 1 aliphatic heterocycles. The van der Waals surface area contributed by atoms with Gasteiger partial charge in [-0.2, -0.15) is 0 Å². The van der Waals surface area contributed by atoms with Gasteiger partial charge >= 0.3 is 5.97 Å². The molecular formula is C21H23NO4. The summed E-state index contributed by atoms with van der Waals surface area (Å²) in [7, 11) is 0. The van der Waals surface area contributed by atoms with Crippen LogP contribution in [0.1, 0.15) is 28.4 Å². The first-order chi connectivity index (χ1) is 12.6. The van der Waals surface area contributed by atoms with Gasteiger partial charge in [0.15, 0.2) is 6.10 Å². The molecular weight excluding hydrogens is 330 g/mol. The zero-order valence-corrected chi connectivity index (χ0v) is 14.9. The molecule has 2 aromatic carbocycles. The van der Waals surface area contributed by atoms with Crippen molar-refractivity contribution in [2.45, 2.75) is 19.4 Å². The number of ether oxygens (including phenoxy) is 2. The summed E-state index contributed by atoms with van der Waals surface area (Å²) in [5.41, 5.74) is 2.50. The van der Waals surface area contributed by atoms with Crippen LogP contribution in [0.4, 0.5) is 0 Å². The van der Waals surface area contributed by atoms with E-state index in [0.717, 1.165) is 11.1 Å². The van der Waals surface area contributed by atoms with Gasteiger partial charge in [-0.1, -0.05) is 48.5 Å². The van der Waals surface area contributed by atoms with Crippen molar-refractivity contribution in [2.24, 2.45) is 0 Å². The molecule has 1 amide bonds. The number of carbonyl (C=O) groups is 2. The van der Waals surface area contributed by atoms with Crippen LogP contribution in [0.2, 0.25) is 0 Å². The molecule has 0 spiro atoms. The van der Waals surface area contributed by atoms with E-state index >= 15 is 0 Å². The van der Waals surface area contributed by atoms with E-state index in [-0.39, 0.29) is 5.91 Å². The van der Waals surface area contributed by atoms with Crippen LogP contribution in [0, 0.1) is 0 Å². The van der Waals surface area contributed by atoms with Crippen LogP contribution >= 0.6 is 0 Å². The second-order valence-electron chi connectivity index (χ2n) is 6.30. The highest BCUT2D eigenvalue weighted by molar-refractivity contribution is 5.93. The van der Waals surface area contributed by atoms with E-state index in [1.165, 1.54) is 0 Å². The van der Waals surface area contributed by atoms with Crippen molar-refractivity contribution >= 4 is 11.9 Å². The smallest absolute Gasteiger partial charge is 0.339 e. The molecule has 1 heterocycles. The molecule has 0 N–H and O–H groups in total. The Morgan fingerprint density at radius 3 is 2.42 bits per heavy atom. The van der Waals surface area contributed by atoms with E-state index in [4.69, 9.17) is 9.47 Å². The molecule has 0 saturated carbocycles. The Morgan fingerprint density at radius 2 is 1.69 bits per heavy atom. The van der Waals surface area contributed by atoms with E-state index in [9.17, 15) is 9.59 Å². The number of morpholine rings is 1. The van der Waals surface area contributed by atoms with Crippen molar-refractivity contribution in [3.05, 3.63) is 71.3 Å². The van der Waals surface area contributed by atoms with Crippen molar-refractivity contribution in [2.75, 3.05) is 26.3 Å². The summed E-state index contributed by atoms with van der Waals surface area (Å²) in [6.07, 6.45) is -0.178. The molecule has 1 atom stereocenters. The molecule has 0 aliphatic carbocycles. The lowest BCUT2D eigenvalue weighted by atomic mass is 10.00. The number of esters is 1. The largest absolute Gasteiger partial charge is 0.449 e. The summed E-state index contributed by atoms with van der Waals surface area (Å²) in [6, 6.07) is 17.3. The van der Waals surface area contributed by atoms with Crippen LogP contribution in [0.3, 0.4) is 0 Å². The van der Waals surface area contributed by atoms with Crippen molar-refractivity contribution < 1.29 is 19.1 Å². The molecule has 1 aliphatic rings. The van der Waals surface area contributed by atoms with Gasteiger partial charge in [-0.15, -0.1) is 0 Å². The van der Waals surface area contributed by atoms with Crippen molar-refractivity contribution in [3.8, 4) is 0 Å². The maximum Gasteiger partial charge on any atom is 0.339 e. The summed E-state index contributed by atoms with van der Waals surface area (Å²) in [6.45, 7) is 3.73. The molecule has 0 unspecified atom stereocenters. The molecule has 3 rings (SSSR count). The van der Waals surface area contributed by atoms with Crippen LogP contribution in [0.15, 0.2) is 54.6 Å². The highest BCUT2D eigenvalue weighted by Crippen LogP contribution is 2.17. The third-order valence-electron chi connectivity index (χ3n) is 4.43. The molecule has 0 aromatic heterocycles. The molecule has 26 heavy (non-hydrogen) atoms. The average molecular weight is 353 g/mol. The maximum absolute atomic E-state index is 12.6. The molecule has 0 bridgehead atoms. The topological polar surface area (TPSA) is 55.8 Å². The second kappa shape index (κ2) is 8.63. The molecule has 5 nitrogen and oxygen atoms in total. The number of hydrogen-bond acceptors (Lipinski definition) is 4. The number of benzene rings is 2. The maximum atomic E-state index is 12.6. The van der Waals surface area contributed by atoms with Gasteiger partial charge in [0.2, 0.25) is 0 Å². The van der Waals surface area contributed by atoms with Gasteiger partial charge in [0.1, 0.15) is 0 Å². The van der Waals surface area contributed by atoms with Gasteiger partial charge in [0, 0.05) is 13.1 Å². The quantitative estimate of drug-likeness (QED) is 0.776. The lowest BCUT2D eigenvalue weighted by Crippen LogP contribution is -2.46. The monoisotopic (exact) mass is 353 g/mol. The summed E-state index contributed by atoms with van der Waals surface area (Å²) in [5.74, 6) is -0.646. The van der Waals surface area contributed by atoms with Gasteiger partial charge in [0.05, 0.1) is 18.8 Å². The number of rotatable bonds is 5. The second-order valence-corrected chi connectivity index (χ2v) is 6.30. The third kappa shape index (κ3) is 4.49. The number of hydrogen-bond donors (Lipinski definition) is 0. The van der Waals surface area contributed by atoms with Gasteiger partial charge in [0.25, 0.3) is 5.91 Å². The highest BCUT2D eigenvalue weighted by atomic mass is 16.5. The Hall–Kier alpha value is -2.66. The number of nitrogens with zero attached hydrogens (tertiary/aromatic N) is 1. The molecule has 2 aromatic rings. The standard InChI is InChI=1S/C21H23NO4/c1-16(20(23)22-11-13-25-14-12-22)26-21(24)19-10-6-5-9-18(19)15-17-7-3-2-4-8-17/h2-10,16H,11-15H2,1H3/t16-/m1/s1. The summed E-state index contributed by atoms with van der Waals surface area (Å²) in [5, 5.41) is 0. The number of carbonyl (C=O) groups excluding carboxylic acids is 2. The SMILES string of the molecule is C[C@@H](OC(=O)c1ccccc1Cc1ccccc1)C(=O)N1CCOCC1. The minimum atomic E-state index is -0.814. The predicted molar refractivity (Wildman–Crippen MR) is 98.0 cm³/mol. The summed E-state index contributed by atoms with van der Waals surface area (Å²) >= 11 is 0. The lowest BCUT2D eigenvalue weighted by Gasteiger charge is -2.29. The van der Waals surface area contributed by atoms with Gasteiger partial charge in [-0.05, 0) is 30.5 Å². The van der Waals surface area contributed by atoms with Gasteiger partial charge < -0.3 is 14.4 Å². The minimum Gasteiger partial charge on any atom is -0.449 e. The predicted octanol–water partition coefficient (Wildman–Crippen LogP) is 2.68. The van der Waals surface area contributed by atoms with Crippen molar-refractivity contribution in [1.29, 1.82) is 0 Å². The molecule has 5 heteroatoms. The van der Waals surface area contributed by atoms with E-state index in [2.05, 4.69) is 0 Å². The summed E-state index contributed by atoms with van der Waals surface area (Å²) < 4.78 is 10.7. The minimum absolute atomic E-state index is 0.179. The molecule has 1 saturated heterocycles. The Morgan fingerprint density at radius 1 is 1.04 bits per heavy atom. The van der Waals surface area contributed by atoms with E-state index in [0.29, 0.717) is 38.3 Å². The summed E-state index contributed by atoms with van der Waals surface area (Å²) in [4.78, 5) is 26.7. The Bertz CT molecular complexity index is 754. The first-order valence-corrected chi connectivity index (χ1v) is 8.84. The molecule has 1 fully saturated rings. The van der Waals surface area contributed by atoms with E-state index < -0.39 is 12.1 Å². The van der Waals surface area contributed by atoms with E-state index in [1.807, 2.05) is 42.5 Å². The Balaban J connectivity index is 1.68. The van der Waals surface area contributed by atoms with Crippen molar-refractivity contribution in [3.63, 3.8) is 0 Å². The Kier molecular flexibility index (Phi) is 6.02.